The molecule has 0 fully saturated rings. The van der Waals surface area contributed by atoms with Crippen molar-refractivity contribution in [2.45, 2.75) is 19.4 Å². The van der Waals surface area contributed by atoms with Crippen molar-refractivity contribution in [1.29, 1.82) is 0 Å². The Balaban J connectivity index is 1.77. The van der Waals surface area contributed by atoms with Gasteiger partial charge in [0.1, 0.15) is 5.75 Å². The molecule has 1 heterocycles. The van der Waals surface area contributed by atoms with Crippen LogP contribution < -0.4 is 15.0 Å². The summed E-state index contributed by atoms with van der Waals surface area (Å²) >= 11 is 0. The van der Waals surface area contributed by atoms with Crippen LogP contribution in [0.25, 0.3) is 0 Å². The molecule has 0 aliphatic carbocycles. The summed E-state index contributed by atoms with van der Waals surface area (Å²) in [6.07, 6.45) is 1.02. The fourth-order valence-corrected chi connectivity index (χ4v) is 2.68. The van der Waals surface area contributed by atoms with E-state index in [9.17, 15) is 0 Å². The summed E-state index contributed by atoms with van der Waals surface area (Å²) in [4.78, 5) is 2.11. The van der Waals surface area contributed by atoms with Crippen LogP contribution >= 0.6 is 0 Å². The van der Waals surface area contributed by atoms with Gasteiger partial charge >= 0.3 is 0 Å². The Morgan fingerprint density at radius 1 is 1.14 bits per heavy atom. The molecule has 0 bridgehead atoms. The van der Waals surface area contributed by atoms with Gasteiger partial charge in [0.25, 0.3) is 0 Å². The van der Waals surface area contributed by atoms with Gasteiger partial charge in [0.2, 0.25) is 0 Å². The van der Waals surface area contributed by atoms with Gasteiger partial charge in [0.05, 0.1) is 6.61 Å². The second kappa shape index (κ2) is 5.68. The quantitative estimate of drug-likeness (QED) is 0.921. The summed E-state index contributed by atoms with van der Waals surface area (Å²) in [5, 5.41) is 3.58. The van der Waals surface area contributed by atoms with E-state index in [0.29, 0.717) is 0 Å². The third kappa shape index (κ3) is 2.97. The molecule has 0 saturated carbocycles. The Morgan fingerprint density at radius 3 is 2.81 bits per heavy atom. The highest BCUT2D eigenvalue weighted by atomic mass is 16.5. The molecule has 0 aromatic heterocycles. The largest absolute Gasteiger partial charge is 0.493 e. The number of anilines is 2. The molecular weight excluding hydrogens is 260 g/mol. The highest BCUT2D eigenvalue weighted by Gasteiger charge is 2.14. The van der Waals surface area contributed by atoms with Crippen LogP contribution in [0.1, 0.15) is 24.1 Å². The van der Waals surface area contributed by atoms with Crippen molar-refractivity contribution in [3.63, 3.8) is 0 Å². The van der Waals surface area contributed by atoms with Gasteiger partial charge in [-0.1, -0.05) is 12.1 Å². The molecule has 1 unspecified atom stereocenters. The maximum Gasteiger partial charge on any atom is 0.122 e. The molecule has 1 aliphatic rings. The number of nitrogens with zero attached hydrogens (tertiary/aromatic N) is 1. The highest BCUT2D eigenvalue weighted by molar-refractivity contribution is 5.58. The van der Waals surface area contributed by atoms with E-state index in [1.807, 2.05) is 0 Å². The summed E-state index contributed by atoms with van der Waals surface area (Å²) in [5.41, 5.74) is 4.97. The molecule has 2 aromatic carbocycles. The topological polar surface area (TPSA) is 24.5 Å². The van der Waals surface area contributed by atoms with E-state index in [4.69, 9.17) is 4.74 Å². The van der Waals surface area contributed by atoms with Crippen LogP contribution in [0.4, 0.5) is 11.4 Å². The fraction of sp³-hybridized carbons (Fsp3) is 0.333. The Kier molecular flexibility index (Phi) is 3.74. The molecule has 3 rings (SSSR count). The summed E-state index contributed by atoms with van der Waals surface area (Å²) in [6.45, 7) is 3.01. The zero-order chi connectivity index (χ0) is 14.8. The Morgan fingerprint density at radius 2 is 2.00 bits per heavy atom. The number of ether oxygens (including phenoxy) is 1. The molecular formula is C18H22N2O. The van der Waals surface area contributed by atoms with Crippen molar-refractivity contribution in [2.75, 3.05) is 30.9 Å². The van der Waals surface area contributed by atoms with E-state index in [-0.39, 0.29) is 6.04 Å². The molecule has 1 aliphatic heterocycles. The van der Waals surface area contributed by atoms with Crippen LogP contribution in [0.15, 0.2) is 42.5 Å². The number of nitrogens with one attached hydrogen (secondary N) is 1. The van der Waals surface area contributed by atoms with E-state index in [0.717, 1.165) is 24.5 Å². The van der Waals surface area contributed by atoms with Crippen LogP contribution in [-0.4, -0.2) is 20.7 Å². The van der Waals surface area contributed by atoms with E-state index < -0.39 is 0 Å². The van der Waals surface area contributed by atoms with Gasteiger partial charge in [0, 0.05) is 37.9 Å². The lowest BCUT2D eigenvalue weighted by atomic mass is 10.0. The molecule has 0 amide bonds. The molecule has 3 heteroatoms. The van der Waals surface area contributed by atoms with Crippen molar-refractivity contribution in [2.24, 2.45) is 0 Å². The van der Waals surface area contributed by atoms with E-state index in [2.05, 4.69) is 73.7 Å². The van der Waals surface area contributed by atoms with Crippen molar-refractivity contribution in [3.05, 3.63) is 53.6 Å². The van der Waals surface area contributed by atoms with E-state index in [1.54, 1.807) is 0 Å². The van der Waals surface area contributed by atoms with Crippen LogP contribution in [0.3, 0.4) is 0 Å². The SMILES string of the molecule is CC(Nc1cccc(N(C)C)c1)c1ccc2c(c1)CCO2. The second-order valence-electron chi connectivity index (χ2n) is 5.78. The molecule has 0 spiro atoms. The first-order chi connectivity index (χ1) is 10.1. The Hall–Kier alpha value is -2.16. The molecule has 21 heavy (non-hydrogen) atoms. The smallest absolute Gasteiger partial charge is 0.122 e. The standard InChI is InChI=1S/C18H22N2O/c1-13(14-7-8-18-15(11-14)9-10-21-18)19-16-5-4-6-17(12-16)20(2)3/h4-8,11-13,19H,9-10H2,1-3H3. The first-order valence-corrected chi connectivity index (χ1v) is 7.43. The second-order valence-corrected chi connectivity index (χ2v) is 5.78. The Labute approximate surface area is 126 Å². The summed E-state index contributed by atoms with van der Waals surface area (Å²) in [5.74, 6) is 1.04. The monoisotopic (exact) mass is 282 g/mol. The minimum atomic E-state index is 0.272. The minimum absolute atomic E-state index is 0.272. The molecule has 0 radical (unpaired) electrons. The lowest BCUT2D eigenvalue weighted by molar-refractivity contribution is 0.357. The van der Waals surface area contributed by atoms with Gasteiger partial charge in [-0.3, -0.25) is 0 Å². The predicted molar refractivity (Wildman–Crippen MR) is 88.4 cm³/mol. The lowest BCUT2D eigenvalue weighted by Crippen LogP contribution is -2.10. The molecule has 2 aromatic rings. The third-order valence-corrected chi connectivity index (χ3v) is 3.96. The summed E-state index contributed by atoms with van der Waals surface area (Å²) < 4.78 is 5.57. The first kappa shape index (κ1) is 13.8. The maximum atomic E-state index is 5.57. The summed E-state index contributed by atoms with van der Waals surface area (Å²) in [6, 6.07) is 15.3. The highest BCUT2D eigenvalue weighted by Crippen LogP contribution is 2.29. The van der Waals surface area contributed by atoms with Crippen molar-refractivity contribution in [3.8, 4) is 5.75 Å². The lowest BCUT2D eigenvalue weighted by Gasteiger charge is -2.19. The van der Waals surface area contributed by atoms with E-state index >= 15 is 0 Å². The Bertz CT molecular complexity index is 637. The summed E-state index contributed by atoms with van der Waals surface area (Å²) in [7, 11) is 4.12. The van der Waals surface area contributed by atoms with E-state index in [1.165, 1.54) is 16.8 Å². The van der Waals surface area contributed by atoms with Gasteiger partial charge in [-0.15, -0.1) is 0 Å². The molecule has 0 saturated heterocycles. The van der Waals surface area contributed by atoms with Gasteiger partial charge in [-0.25, -0.2) is 0 Å². The molecule has 1 atom stereocenters. The number of hydrogen-bond acceptors (Lipinski definition) is 3. The maximum absolute atomic E-state index is 5.57. The number of hydrogen-bond donors (Lipinski definition) is 1. The number of fused-ring (bicyclic) bond motifs is 1. The average Bonchev–Trinajstić information content (AvgIpc) is 2.94. The zero-order valence-corrected chi connectivity index (χ0v) is 12.9. The third-order valence-electron chi connectivity index (χ3n) is 3.96. The van der Waals surface area contributed by atoms with Gasteiger partial charge in [-0.2, -0.15) is 0 Å². The van der Waals surface area contributed by atoms with Crippen LogP contribution in [0, 0.1) is 0 Å². The zero-order valence-electron chi connectivity index (χ0n) is 12.9. The molecule has 110 valence electrons. The van der Waals surface area contributed by atoms with Gasteiger partial charge in [-0.05, 0) is 48.4 Å². The normalized spacial score (nSPS) is 14.2. The number of benzene rings is 2. The van der Waals surface area contributed by atoms with Gasteiger partial charge in [0.15, 0.2) is 0 Å². The fourth-order valence-electron chi connectivity index (χ4n) is 2.68. The molecule has 1 N–H and O–H groups in total. The van der Waals surface area contributed by atoms with Crippen molar-refractivity contribution < 1.29 is 4.74 Å². The average molecular weight is 282 g/mol. The molecule has 3 nitrogen and oxygen atoms in total. The predicted octanol–water partition coefficient (Wildman–Crippen LogP) is 3.86. The van der Waals surface area contributed by atoms with Crippen LogP contribution in [-0.2, 0) is 6.42 Å². The van der Waals surface area contributed by atoms with Crippen LogP contribution in [0.5, 0.6) is 5.75 Å². The minimum Gasteiger partial charge on any atom is -0.493 e. The van der Waals surface area contributed by atoms with Crippen LogP contribution in [0.2, 0.25) is 0 Å². The number of rotatable bonds is 4. The van der Waals surface area contributed by atoms with Crippen molar-refractivity contribution >= 4 is 11.4 Å². The first-order valence-electron chi connectivity index (χ1n) is 7.43. The van der Waals surface area contributed by atoms with Gasteiger partial charge < -0.3 is 15.0 Å². The van der Waals surface area contributed by atoms with Crippen molar-refractivity contribution in [1.82, 2.24) is 0 Å².